The van der Waals surface area contributed by atoms with Crippen molar-refractivity contribution < 1.29 is 14.2 Å². The van der Waals surface area contributed by atoms with Crippen molar-refractivity contribution in [3.63, 3.8) is 0 Å². The van der Waals surface area contributed by atoms with Gasteiger partial charge >= 0.3 is 0 Å². The predicted octanol–water partition coefficient (Wildman–Crippen LogP) is 3.25. The highest BCUT2D eigenvalue weighted by atomic mass is 35.5. The van der Waals surface area contributed by atoms with Gasteiger partial charge in [0, 0.05) is 5.56 Å². The van der Waals surface area contributed by atoms with E-state index >= 15 is 0 Å². The van der Waals surface area contributed by atoms with E-state index in [1.807, 2.05) is 0 Å². The van der Waals surface area contributed by atoms with Crippen LogP contribution in [0, 0.1) is 5.82 Å². The first kappa shape index (κ1) is 11.7. The number of hydrogen-bond acceptors (Lipinski definition) is 2. The maximum Gasteiger partial charge on any atom is 0.144 e. The number of benzene rings is 1. The highest BCUT2D eigenvalue weighted by Crippen LogP contribution is 2.39. The Morgan fingerprint density at radius 2 is 2.06 bits per heavy atom. The third-order valence-electron chi connectivity index (χ3n) is 2.48. The molecule has 1 aliphatic rings. The van der Waals surface area contributed by atoms with E-state index in [-0.39, 0.29) is 11.1 Å². The third-order valence-corrected chi connectivity index (χ3v) is 2.76. The molecule has 0 bridgehead atoms. The Morgan fingerprint density at radius 3 is 2.56 bits per heavy atom. The lowest BCUT2D eigenvalue weighted by Crippen LogP contribution is -2.18. The summed E-state index contributed by atoms with van der Waals surface area (Å²) in [6, 6.07) is 2.47. The molecule has 0 unspecified atom stereocenters. The van der Waals surface area contributed by atoms with Crippen molar-refractivity contribution in [2.45, 2.75) is 38.4 Å². The summed E-state index contributed by atoms with van der Waals surface area (Å²) in [5.41, 5.74) is -0.778. The van der Waals surface area contributed by atoms with E-state index in [0.717, 1.165) is 12.8 Å². The summed E-state index contributed by atoms with van der Waals surface area (Å²) in [5.74, 6) is -0.0664. The van der Waals surface area contributed by atoms with Gasteiger partial charge in [-0.2, -0.15) is 0 Å². The van der Waals surface area contributed by atoms with Crippen molar-refractivity contribution in [2.24, 2.45) is 0 Å². The fourth-order valence-corrected chi connectivity index (χ4v) is 1.74. The van der Waals surface area contributed by atoms with Gasteiger partial charge in [-0.25, -0.2) is 4.39 Å². The molecule has 2 nitrogen and oxygen atoms in total. The van der Waals surface area contributed by atoms with Gasteiger partial charge in [0.2, 0.25) is 0 Å². The lowest BCUT2D eigenvalue weighted by Gasteiger charge is -2.22. The summed E-state index contributed by atoms with van der Waals surface area (Å²) < 4.78 is 18.9. The average molecular weight is 245 g/mol. The van der Waals surface area contributed by atoms with Gasteiger partial charge in [0.15, 0.2) is 0 Å². The van der Waals surface area contributed by atoms with Crippen LogP contribution in [0.25, 0.3) is 0 Å². The fraction of sp³-hybridized carbons (Fsp3) is 0.500. The first-order valence-corrected chi connectivity index (χ1v) is 5.64. The smallest absolute Gasteiger partial charge is 0.144 e. The number of hydrogen-bond donors (Lipinski definition) is 1. The van der Waals surface area contributed by atoms with E-state index < -0.39 is 11.4 Å². The van der Waals surface area contributed by atoms with Crippen LogP contribution in [0.15, 0.2) is 12.1 Å². The normalized spacial score (nSPS) is 16.3. The van der Waals surface area contributed by atoms with Gasteiger partial charge in [-0.05, 0) is 38.8 Å². The molecule has 0 aliphatic heterocycles. The Hall–Kier alpha value is -0.800. The molecule has 0 spiro atoms. The topological polar surface area (TPSA) is 29.5 Å². The van der Waals surface area contributed by atoms with Crippen molar-refractivity contribution in [3.8, 4) is 5.75 Å². The highest BCUT2D eigenvalue weighted by Gasteiger charge is 2.30. The standard InChI is InChI=1S/C12H14ClFO2/c1-12(2,15)9-5-7(14)6-10(13)11(9)16-8-3-4-8/h5-6,8,15H,3-4H2,1-2H3. The predicted molar refractivity (Wildman–Crippen MR) is 60.3 cm³/mol. The zero-order chi connectivity index (χ0) is 11.9. The minimum atomic E-state index is -1.17. The van der Waals surface area contributed by atoms with Crippen LogP contribution in [0.5, 0.6) is 5.75 Å². The Morgan fingerprint density at radius 1 is 1.44 bits per heavy atom. The summed E-state index contributed by atoms with van der Waals surface area (Å²) in [6.07, 6.45) is 2.13. The van der Waals surface area contributed by atoms with Crippen molar-refractivity contribution in [2.75, 3.05) is 0 Å². The van der Waals surface area contributed by atoms with Crippen LogP contribution >= 0.6 is 11.6 Å². The molecule has 16 heavy (non-hydrogen) atoms. The van der Waals surface area contributed by atoms with E-state index in [1.165, 1.54) is 12.1 Å². The van der Waals surface area contributed by atoms with Crippen LogP contribution in [0.4, 0.5) is 4.39 Å². The number of ether oxygens (including phenoxy) is 1. The van der Waals surface area contributed by atoms with Crippen molar-refractivity contribution in [1.82, 2.24) is 0 Å². The summed E-state index contributed by atoms with van der Waals surface area (Å²) in [7, 11) is 0. The van der Waals surface area contributed by atoms with E-state index in [1.54, 1.807) is 13.8 Å². The van der Waals surface area contributed by atoms with E-state index in [4.69, 9.17) is 16.3 Å². The second-order valence-corrected chi connectivity index (χ2v) is 5.05. The Bertz CT molecular complexity index is 408. The SMILES string of the molecule is CC(C)(O)c1cc(F)cc(Cl)c1OC1CC1. The molecule has 0 aromatic heterocycles. The van der Waals surface area contributed by atoms with Gasteiger partial charge in [0.25, 0.3) is 0 Å². The Balaban J connectivity index is 2.45. The molecule has 0 atom stereocenters. The molecule has 0 saturated heterocycles. The van der Waals surface area contributed by atoms with Crippen LogP contribution < -0.4 is 4.74 Å². The monoisotopic (exact) mass is 244 g/mol. The summed E-state index contributed by atoms with van der Waals surface area (Å²) in [6.45, 7) is 3.16. The molecule has 1 saturated carbocycles. The minimum absolute atomic E-state index is 0.157. The maximum absolute atomic E-state index is 13.2. The van der Waals surface area contributed by atoms with Gasteiger partial charge in [-0.1, -0.05) is 11.6 Å². The Kier molecular flexibility index (Phi) is 2.84. The first-order valence-electron chi connectivity index (χ1n) is 5.26. The molecule has 88 valence electrons. The van der Waals surface area contributed by atoms with Gasteiger partial charge < -0.3 is 9.84 Å². The summed E-state index contributed by atoms with van der Waals surface area (Å²) >= 11 is 5.94. The third kappa shape index (κ3) is 2.47. The Labute approximate surface area is 99.0 Å². The fourth-order valence-electron chi connectivity index (χ4n) is 1.49. The largest absolute Gasteiger partial charge is 0.488 e. The number of aliphatic hydroxyl groups is 1. The van der Waals surface area contributed by atoms with E-state index in [9.17, 15) is 9.50 Å². The summed E-state index contributed by atoms with van der Waals surface area (Å²) in [4.78, 5) is 0. The molecule has 0 amide bonds. The van der Waals surface area contributed by atoms with Crippen molar-refractivity contribution in [1.29, 1.82) is 0 Å². The lowest BCUT2D eigenvalue weighted by molar-refractivity contribution is 0.0740. The van der Waals surface area contributed by atoms with Crippen LogP contribution in [0.2, 0.25) is 5.02 Å². The van der Waals surface area contributed by atoms with Crippen molar-refractivity contribution >= 4 is 11.6 Å². The van der Waals surface area contributed by atoms with Gasteiger partial charge in [0.1, 0.15) is 11.6 Å². The molecule has 1 aromatic rings. The molecule has 1 aromatic carbocycles. The van der Waals surface area contributed by atoms with Crippen LogP contribution in [0.1, 0.15) is 32.3 Å². The molecule has 1 fully saturated rings. The molecular weight excluding hydrogens is 231 g/mol. The van der Waals surface area contributed by atoms with Gasteiger partial charge in [-0.15, -0.1) is 0 Å². The quantitative estimate of drug-likeness (QED) is 0.885. The molecule has 1 aliphatic carbocycles. The maximum atomic E-state index is 13.2. The molecule has 0 radical (unpaired) electrons. The molecule has 2 rings (SSSR count). The lowest BCUT2D eigenvalue weighted by atomic mass is 9.97. The second kappa shape index (κ2) is 3.90. The zero-order valence-electron chi connectivity index (χ0n) is 9.26. The zero-order valence-corrected chi connectivity index (χ0v) is 10.0. The molecule has 4 heteroatoms. The molecule has 0 heterocycles. The van der Waals surface area contributed by atoms with Crippen molar-refractivity contribution in [3.05, 3.63) is 28.5 Å². The second-order valence-electron chi connectivity index (χ2n) is 4.64. The highest BCUT2D eigenvalue weighted by molar-refractivity contribution is 6.32. The van der Waals surface area contributed by atoms with Crippen LogP contribution in [-0.2, 0) is 5.60 Å². The minimum Gasteiger partial charge on any atom is -0.488 e. The first-order chi connectivity index (χ1) is 7.38. The van der Waals surface area contributed by atoms with Gasteiger partial charge in [-0.3, -0.25) is 0 Å². The molecule has 1 N–H and O–H groups in total. The van der Waals surface area contributed by atoms with Crippen LogP contribution in [-0.4, -0.2) is 11.2 Å². The average Bonchev–Trinajstić information content (AvgIpc) is 2.91. The van der Waals surface area contributed by atoms with E-state index in [2.05, 4.69) is 0 Å². The van der Waals surface area contributed by atoms with Crippen LogP contribution in [0.3, 0.4) is 0 Å². The summed E-state index contributed by atoms with van der Waals surface area (Å²) in [5, 5.41) is 10.2. The number of halogens is 2. The van der Waals surface area contributed by atoms with E-state index in [0.29, 0.717) is 11.3 Å². The molecular formula is C12H14ClFO2. The van der Waals surface area contributed by atoms with Gasteiger partial charge in [0.05, 0.1) is 16.7 Å². The number of rotatable bonds is 3.